The first-order valence-electron chi connectivity index (χ1n) is 10.7. The van der Waals surface area contributed by atoms with Crippen LogP contribution in [0.1, 0.15) is 45.5 Å². The number of hydrogen-bond donors (Lipinski definition) is 0. The summed E-state index contributed by atoms with van der Waals surface area (Å²) < 4.78 is 4.82. The Hall–Kier alpha value is -3.73. The van der Waals surface area contributed by atoms with Crippen LogP contribution in [0, 0.1) is 11.8 Å². The predicted octanol–water partition coefficient (Wildman–Crippen LogP) is 4.04. The first-order chi connectivity index (χ1) is 15.5. The third-order valence-electron chi connectivity index (χ3n) is 7.57. The van der Waals surface area contributed by atoms with Crippen molar-refractivity contribution >= 4 is 23.5 Å². The van der Waals surface area contributed by atoms with Gasteiger partial charge in [-0.3, -0.25) is 9.59 Å². The number of imide groups is 1. The van der Waals surface area contributed by atoms with Gasteiger partial charge >= 0.3 is 5.97 Å². The van der Waals surface area contributed by atoms with Crippen LogP contribution in [0.15, 0.2) is 72.8 Å². The van der Waals surface area contributed by atoms with E-state index in [1.54, 1.807) is 24.3 Å². The minimum Gasteiger partial charge on any atom is -0.465 e. The molecular weight excluding hydrogens is 402 g/mol. The Morgan fingerprint density at radius 2 is 1.50 bits per heavy atom. The zero-order valence-electron chi connectivity index (χ0n) is 17.7. The quantitative estimate of drug-likeness (QED) is 0.461. The zero-order chi connectivity index (χ0) is 22.2. The molecule has 1 fully saturated rings. The van der Waals surface area contributed by atoms with Crippen molar-refractivity contribution in [3.8, 4) is 0 Å². The summed E-state index contributed by atoms with van der Waals surface area (Å²) in [4.78, 5) is 41.1. The van der Waals surface area contributed by atoms with E-state index in [9.17, 15) is 14.4 Å². The summed E-state index contributed by atoms with van der Waals surface area (Å²) >= 11 is 0. The third kappa shape index (κ3) is 2.15. The lowest BCUT2D eigenvalue weighted by Gasteiger charge is -2.52. The van der Waals surface area contributed by atoms with Crippen molar-refractivity contribution in [3.63, 3.8) is 0 Å². The van der Waals surface area contributed by atoms with Crippen molar-refractivity contribution in [2.45, 2.75) is 18.3 Å². The van der Waals surface area contributed by atoms with E-state index < -0.39 is 23.2 Å². The summed E-state index contributed by atoms with van der Waals surface area (Å²) in [7, 11) is 1.31. The van der Waals surface area contributed by atoms with Crippen LogP contribution in [0.25, 0.3) is 0 Å². The molecule has 3 aliphatic carbocycles. The lowest BCUT2D eigenvalue weighted by Crippen LogP contribution is -2.51. The topological polar surface area (TPSA) is 63.7 Å². The van der Waals surface area contributed by atoms with Crippen molar-refractivity contribution in [2.24, 2.45) is 11.8 Å². The van der Waals surface area contributed by atoms with Crippen LogP contribution in [-0.4, -0.2) is 24.9 Å². The van der Waals surface area contributed by atoms with Gasteiger partial charge in [0.05, 0.1) is 30.2 Å². The average molecular weight is 423 g/mol. The SMILES string of the molecule is COC(=O)c1cccc(N2C(=O)[C@@H]3[C@@H](C2=O)C2c4ccccc4C3(C)c3ccccc32)c1. The van der Waals surface area contributed by atoms with Crippen molar-refractivity contribution in [1.29, 1.82) is 0 Å². The minimum atomic E-state index is -0.603. The van der Waals surface area contributed by atoms with E-state index in [0.29, 0.717) is 11.3 Å². The molecule has 3 aromatic rings. The van der Waals surface area contributed by atoms with Crippen LogP contribution in [0.2, 0.25) is 0 Å². The molecule has 0 aromatic heterocycles. The number of methoxy groups -OCH3 is 1. The second-order valence-electron chi connectivity index (χ2n) is 8.91. The van der Waals surface area contributed by atoms with Gasteiger partial charge < -0.3 is 4.74 Å². The Bertz CT molecular complexity index is 1280. The zero-order valence-corrected chi connectivity index (χ0v) is 17.7. The van der Waals surface area contributed by atoms with Crippen molar-refractivity contribution in [3.05, 3.63) is 101 Å². The number of hydrogen-bond acceptors (Lipinski definition) is 4. The molecule has 3 aromatic carbocycles. The van der Waals surface area contributed by atoms with Gasteiger partial charge in [0.25, 0.3) is 0 Å². The van der Waals surface area contributed by atoms with Gasteiger partial charge in [-0.05, 0) is 40.5 Å². The van der Waals surface area contributed by atoms with Gasteiger partial charge in [0.15, 0.2) is 0 Å². The second kappa shape index (κ2) is 6.39. The summed E-state index contributed by atoms with van der Waals surface area (Å²) in [6.45, 7) is 2.09. The maximum atomic E-state index is 13.9. The number of esters is 1. The lowest BCUT2D eigenvalue weighted by molar-refractivity contribution is -0.123. The Labute approximate surface area is 185 Å². The highest BCUT2D eigenvalue weighted by atomic mass is 16.5. The average Bonchev–Trinajstić information content (AvgIpc) is 3.10. The molecule has 2 amide bonds. The monoisotopic (exact) mass is 423 g/mol. The number of rotatable bonds is 2. The van der Waals surface area contributed by atoms with Gasteiger partial charge in [0.1, 0.15) is 0 Å². The largest absolute Gasteiger partial charge is 0.465 e. The minimum absolute atomic E-state index is 0.167. The summed E-state index contributed by atoms with van der Waals surface area (Å²) in [5, 5.41) is 0. The molecular formula is C27H21NO4. The number of carbonyl (C=O) groups excluding carboxylic acids is 3. The lowest BCUT2D eigenvalue weighted by atomic mass is 9.48. The van der Waals surface area contributed by atoms with E-state index in [2.05, 4.69) is 31.2 Å². The molecule has 0 saturated carbocycles. The number of ether oxygens (including phenoxy) is 1. The standard InChI is InChI=1S/C27H21NO4/c1-27-19-12-5-3-10-17(19)21(18-11-4-6-13-20(18)27)22-23(27)25(30)28(24(22)29)16-9-7-8-15(14-16)26(31)32-2/h3-14,21-23H,1-2H3/t21?,22-,23-,27?/m0/s1. The smallest absolute Gasteiger partial charge is 0.337 e. The Morgan fingerprint density at radius 3 is 2.12 bits per heavy atom. The van der Waals surface area contributed by atoms with Crippen LogP contribution >= 0.6 is 0 Å². The summed E-state index contributed by atoms with van der Waals surface area (Å²) in [5.74, 6) is -2.05. The summed E-state index contributed by atoms with van der Waals surface area (Å²) in [6, 6.07) is 22.9. The Kier molecular flexibility index (Phi) is 3.79. The van der Waals surface area contributed by atoms with Gasteiger partial charge in [0.2, 0.25) is 11.8 Å². The molecule has 2 bridgehead atoms. The Morgan fingerprint density at radius 1 is 0.875 bits per heavy atom. The van der Waals surface area contributed by atoms with Gasteiger partial charge in [-0.2, -0.15) is 0 Å². The highest BCUT2D eigenvalue weighted by molar-refractivity contribution is 6.24. The first-order valence-corrected chi connectivity index (χ1v) is 10.7. The van der Waals surface area contributed by atoms with Gasteiger partial charge in [-0.15, -0.1) is 0 Å². The molecule has 1 aliphatic heterocycles. The van der Waals surface area contributed by atoms with Gasteiger partial charge in [0, 0.05) is 11.3 Å². The van der Waals surface area contributed by atoms with E-state index in [0.717, 1.165) is 22.3 Å². The molecule has 1 heterocycles. The molecule has 0 unspecified atom stereocenters. The predicted molar refractivity (Wildman–Crippen MR) is 118 cm³/mol. The van der Waals surface area contributed by atoms with Crippen LogP contribution < -0.4 is 4.90 Å². The Balaban J connectivity index is 1.56. The second-order valence-corrected chi connectivity index (χ2v) is 8.91. The molecule has 158 valence electrons. The highest BCUT2D eigenvalue weighted by Gasteiger charge is 2.66. The van der Waals surface area contributed by atoms with Crippen molar-refractivity contribution in [1.82, 2.24) is 0 Å². The number of amides is 2. The molecule has 2 atom stereocenters. The van der Waals surface area contributed by atoms with E-state index in [1.807, 2.05) is 24.3 Å². The van der Waals surface area contributed by atoms with E-state index in [4.69, 9.17) is 4.74 Å². The van der Waals surface area contributed by atoms with Crippen LogP contribution in [0.3, 0.4) is 0 Å². The van der Waals surface area contributed by atoms with E-state index in [1.165, 1.54) is 12.0 Å². The molecule has 4 aliphatic rings. The molecule has 0 spiro atoms. The fourth-order valence-electron chi connectivity index (χ4n) is 6.30. The summed E-state index contributed by atoms with van der Waals surface area (Å²) in [5.41, 5.74) is 4.61. The molecule has 5 nitrogen and oxygen atoms in total. The normalized spacial score (nSPS) is 27.1. The van der Waals surface area contributed by atoms with E-state index >= 15 is 0 Å². The number of carbonyl (C=O) groups is 3. The maximum absolute atomic E-state index is 13.9. The van der Waals surface area contributed by atoms with Crippen molar-refractivity contribution < 1.29 is 19.1 Å². The van der Waals surface area contributed by atoms with Crippen LogP contribution in [-0.2, 0) is 19.7 Å². The molecule has 0 radical (unpaired) electrons. The molecule has 1 saturated heterocycles. The third-order valence-corrected chi connectivity index (χ3v) is 7.57. The number of anilines is 1. The molecule has 5 heteroatoms. The summed E-state index contributed by atoms with van der Waals surface area (Å²) in [6.07, 6.45) is 0. The molecule has 0 N–H and O–H groups in total. The number of nitrogens with zero attached hydrogens (tertiary/aromatic N) is 1. The van der Waals surface area contributed by atoms with Gasteiger partial charge in [-0.1, -0.05) is 61.5 Å². The number of benzene rings is 3. The van der Waals surface area contributed by atoms with Gasteiger partial charge in [-0.25, -0.2) is 9.69 Å². The first kappa shape index (κ1) is 19.0. The highest BCUT2D eigenvalue weighted by Crippen LogP contribution is 2.64. The molecule has 7 rings (SSSR count). The van der Waals surface area contributed by atoms with Crippen molar-refractivity contribution in [2.75, 3.05) is 12.0 Å². The molecule has 32 heavy (non-hydrogen) atoms. The van der Waals surface area contributed by atoms with Crippen LogP contribution in [0.4, 0.5) is 5.69 Å². The van der Waals surface area contributed by atoms with E-state index in [-0.39, 0.29) is 17.7 Å². The fourth-order valence-corrected chi connectivity index (χ4v) is 6.30. The fraction of sp³-hybridized carbons (Fsp3) is 0.222. The maximum Gasteiger partial charge on any atom is 0.337 e. The van der Waals surface area contributed by atoms with Crippen LogP contribution in [0.5, 0.6) is 0 Å².